The molecule has 0 saturated carbocycles. The topological polar surface area (TPSA) is 84.0 Å². The number of hydrogen-bond donors (Lipinski definition) is 0. The summed E-state index contributed by atoms with van der Waals surface area (Å²) >= 11 is 0. The summed E-state index contributed by atoms with van der Waals surface area (Å²) < 4.78 is 4.63. The summed E-state index contributed by atoms with van der Waals surface area (Å²) in [7, 11) is 1.28. The van der Waals surface area contributed by atoms with Crippen molar-refractivity contribution in [2.24, 2.45) is 0 Å². The first-order valence-corrected chi connectivity index (χ1v) is 8.15. The van der Waals surface area contributed by atoms with Crippen LogP contribution in [0.5, 0.6) is 0 Å². The van der Waals surface area contributed by atoms with Crippen molar-refractivity contribution in [1.82, 2.24) is 4.90 Å². The molecular weight excluding hydrogens is 324 g/mol. The van der Waals surface area contributed by atoms with Gasteiger partial charge in [-0.15, -0.1) is 0 Å². The zero-order valence-corrected chi connectivity index (χ0v) is 14.8. The number of nitrogens with zero attached hydrogens (tertiary/aromatic N) is 2. The minimum Gasteiger partial charge on any atom is -0.465 e. The molecule has 1 fully saturated rings. The molecule has 0 aliphatic carbocycles. The van der Waals surface area contributed by atoms with E-state index in [9.17, 15) is 19.2 Å². The van der Waals surface area contributed by atoms with Gasteiger partial charge >= 0.3 is 5.97 Å². The summed E-state index contributed by atoms with van der Waals surface area (Å²) in [6.07, 6.45) is 0.646. The first kappa shape index (κ1) is 18.6. The van der Waals surface area contributed by atoms with Crippen molar-refractivity contribution in [3.05, 3.63) is 29.8 Å². The second kappa shape index (κ2) is 7.46. The first-order valence-electron chi connectivity index (χ1n) is 8.15. The molecule has 0 aromatic heterocycles. The molecule has 2 unspecified atom stereocenters. The predicted molar refractivity (Wildman–Crippen MR) is 91.0 cm³/mol. The molecule has 1 aromatic carbocycles. The van der Waals surface area contributed by atoms with Crippen LogP contribution in [0.1, 0.15) is 44.0 Å². The number of imide groups is 1. The van der Waals surface area contributed by atoms with E-state index >= 15 is 0 Å². The Balaban J connectivity index is 2.29. The van der Waals surface area contributed by atoms with Crippen LogP contribution in [-0.4, -0.2) is 47.8 Å². The van der Waals surface area contributed by atoms with E-state index in [0.717, 1.165) is 4.90 Å². The third-order valence-corrected chi connectivity index (χ3v) is 4.43. The number of rotatable bonds is 5. The molecule has 2 rings (SSSR count). The zero-order valence-electron chi connectivity index (χ0n) is 14.8. The smallest absolute Gasteiger partial charge is 0.337 e. The van der Waals surface area contributed by atoms with Gasteiger partial charge in [-0.2, -0.15) is 0 Å². The SMILES string of the molecule is CCC(C)N(C(C)=O)C1CC(=O)N(c2ccc(C(=O)OC)cc2)C1=O. The Morgan fingerprint density at radius 1 is 1.28 bits per heavy atom. The van der Waals surface area contributed by atoms with Crippen LogP contribution >= 0.6 is 0 Å². The van der Waals surface area contributed by atoms with Crippen LogP contribution in [0.25, 0.3) is 0 Å². The number of anilines is 1. The highest BCUT2D eigenvalue weighted by Crippen LogP contribution is 2.27. The van der Waals surface area contributed by atoms with Crippen molar-refractivity contribution in [2.45, 2.75) is 45.7 Å². The molecule has 25 heavy (non-hydrogen) atoms. The van der Waals surface area contributed by atoms with E-state index in [4.69, 9.17) is 0 Å². The quantitative estimate of drug-likeness (QED) is 0.599. The van der Waals surface area contributed by atoms with Crippen LogP contribution in [0, 0.1) is 0 Å². The van der Waals surface area contributed by atoms with Crippen molar-refractivity contribution >= 4 is 29.4 Å². The summed E-state index contributed by atoms with van der Waals surface area (Å²) in [5.74, 6) is -1.52. The van der Waals surface area contributed by atoms with Crippen molar-refractivity contribution in [2.75, 3.05) is 12.0 Å². The molecule has 134 valence electrons. The van der Waals surface area contributed by atoms with Gasteiger partial charge in [-0.3, -0.25) is 14.4 Å². The molecule has 1 saturated heterocycles. The van der Waals surface area contributed by atoms with E-state index < -0.39 is 17.9 Å². The summed E-state index contributed by atoms with van der Waals surface area (Å²) in [6.45, 7) is 5.18. The number of carbonyl (C=O) groups excluding carboxylic acids is 4. The van der Waals surface area contributed by atoms with Crippen molar-refractivity contribution < 1.29 is 23.9 Å². The van der Waals surface area contributed by atoms with Crippen molar-refractivity contribution in [3.8, 4) is 0 Å². The Bertz CT molecular complexity index is 698. The fourth-order valence-corrected chi connectivity index (χ4v) is 3.00. The molecule has 1 aliphatic heterocycles. The molecular formula is C18H22N2O5. The lowest BCUT2D eigenvalue weighted by Crippen LogP contribution is -2.48. The van der Waals surface area contributed by atoms with Gasteiger partial charge in [0.15, 0.2) is 0 Å². The first-order chi connectivity index (χ1) is 11.8. The lowest BCUT2D eigenvalue weighted by molar-refractivity contribution is -0.138. The molecule has 1 aliphatic rings. The fraction of sp³-hybridized carbons (Fsp3) is 0.444. The largest absolute Gasteiger partial charge is 0.465 e. The average Bonchev–Trinajstić information content (AvgIpc) is 2.88. The highest BCUT2D eigenvalue weighted by atomic mass is 16.5. The predicted octanol–water partition coefficient (Wildman–Crippen LogP) is 1.75. The lowest BCUT2D eigenvalue weighted by atomic mass is 10.1. The highest BCUT2D eigenvalue weighted by Gasteiger charge is 2.44. The number of ether oxygens (including phenoxy) is 1. The van der Waals surface area contributed by atoms with Crippen LogP contribution in [0.15, 0.2) is 24.3 Å². The van der Waals surface area contributed by atoms with E-state index in [2.05, 4.69) is 4.74 Å². The van der Waals surface area contributed by atoms with E-state index in [1.807, 2.05) is 13.8 Å². The molecule has 7 nitrogen and oxygen atoms in total. The number of carbonyl (C=O) groups is 4. The van der Waals surface area contributed by atoms with Crippen LogP contribution in [0.2, 0.25) is 0 Å². The number of esters is 1. The maximum Gasteiger partial charge on any atom is 0.337 e. The molecule has 1 heterocycles. The molecule has 2 atom stereocenters. The third kappa shape index (κ3) is 3.55. The Labute approximate surface area is 146 Å². The summed E-state index contributed by atoms with van der Waals surface area (Å²) in [5, 5.41) is 0. The second-order valence-electron chi connectivity index (χ2n) is 6.01. The Morgan fingerprint density at radius 3 is 2.36 bits per heavy atom. The monoisotopic (exact) mass is 346 g/mol. The van der Waals surface area contributed by atoms with E-state index in [1.54, 1.807) is 0 Å². The fourth-order valence-electron chi connectivity index (χ4n) is 3.00. The second-order valence-corrected chi connectivity index (χ2v) is 6.01. The molecule has 0 N–H and O–H groups in total. The van der Waals surface area contributed by atoms with Crippen LogP contribution < -0.4 is 4.90 Å². The van der Waals surface area contributed by atoms with Gasteiger partial charge in [0.2, 0.25) is 11.8 Å². The van der Waals surface area contributed by atoms with Crippen LogP contribution in [0.4, 0.5) is 5.69 Å². The lowest BCUT2D eigenvalue weighted by Gasteiger charge is -2.31. The van der Waals surface area contributed by atoms with Gasteiger partial charge < -0.3 is 9.64 Å². The molecule has 0 radical (unpaired) electrons. The Hall–Kier alpha value is -2.70. The van der Waals surface area contributed by atoms with Gasteiger partial charge in [0, 0.05) is 13.0 Å². The summed E-state index contributed by atoms with van der Waals surface area (Å²) in [5.41, 5.74) is 0.699. The Kier molecular flexibility index (Phi) is 5.56. The van der Waals surface area contributed by atoms with E-state index in [1.165, 1.54) is 43.2 Å². The van der Waals surface area contributed by atoms with Gasteiger partial charge in [-0.1, -0.05) is 6.92 Å². The highest BCUT2D eigenvalue weighted by molar-refractivity contribution is 6.23. The molecule has 3 amide bonds. The van der Waals surface area contributed by atoms with Gasteiger partial charge in [-0.25, -0.2) is 9.69 Å². The van der Waals surface area contributed by atoms with Gasteiger partial charge in [-0.05, 0) is 37.6 Å². The average molecular weight is 346 g/mol. The summed E-state index contributed by atoms with van der Waals surface area (Å²) in [4.78, 5) is 51.2. The van der Waals surface area contributed by atoms with Gasteiger partial charge in [0.1, 0.15) is 6.04 Å². The van der Waals surface area contributed by atoms with Crippen LogP contribution in [0.3, 0.4) is 0 Å². The van der Waals surface area contributed by atoms with Crippen LogP contribution in [-0.2, 0) is 19.1 Å². The maximum absolute atomic E-state index is 12.8. The Morgan fingerprint density at radius 2 is 1.88 bits per heavy atom. The number of amides is 3. The third-order valence-electron chi connectivity index (χ3n) is 4.43. The zero-order chi connectivity index (χ0) is 18.7. The maximum atomic E-state index is 12.8. The molecule has 0 spiro atoms. The molecule has 1 aromatic rings. The molecule has 0 bridgehead atoms. The van der Waals surface area contributed by atoms with Crippen molar-refractivity contribution in [1.29, 1.82) is 0 Å². The minimum absolute atomic E-state index is 0.0402. The number of methoxy groups -OCH3 is 1. The normalized spacial score (nSPS) is 18.2. The van der Waals surface area contributed by atoms with Gasteiger partial charge in [0.25, 0.3) is 5.91 Å². The number of benzene rings is 1. The van der Waals surface area contributed by atoms with Gasteiger partial charge in [0.05, 0.1) is 24.8 Å². The number of hydrogen-bond acceptors (Lipinski definition) is 5. The molecule has 7 heteroatoms. The minimum atomic E-state index is -0.791. The van der Waals surface area contributed by atoms with E-state index in [0.29, 0.717) is 17.7 Å². The summed E-state index contributed by atoms with van der Waals surface area (Å²) in [6, 6.07) is 5.09. The standard InChI is InChI=1S/C18H22N2O5/c1-5-11(2)19(12(3)21)15-10-16(22)20(17(15)23)14-8-6-13(7-9-14)18(24)25-4/h6-9,11,15H,5,10H2,1-4H3. The van der Waals surface area contributed by atoms with E-state index in [-0.39, 0.29) is 24.3 Å². The van der Waals surface area contributed by atoms with Crippen molar-refractivity contribution in [3.63, 3.8) is 0 Å².